The molecule has 0 spiro atoms. The number of nitrogens with one attached hydrogen (secondary N) is 1. The molecule has 0 fully saturated rings. The fourth-order valence-corrected chi connectivity index (χ4v) is 4.32. The Kier molecular flexibility index (Phi) is 3.37. The summed E-state index contributed by atoms with van der Waals surface area (Å²) >= 11 is 6.79. The van der Waals surface area contributed by atoms with Gasteiger partial charge < -0.3 is 0 Å². The van der Waals surface area contributed by atoms with Gasteiger partial charge >= 0.3 is 0 Å². The van der Waals surface area contributed by atoms with E-state index < -0.39 is 10.0 Å². The first-order valence-corrected chi connectivity index (χ1v) is 8.35. The lowest BCUT2D eigenvalue weighted by Crippen LogP contribution is -2.11. The Labute approximate surface area is 125 Å². The summed E-state index contributed by atoms with van der Waals surface area (Å²) in [5.41, 5.74) is 1.31. The molecule has 0 aliphatic carbocycles. The number of nitrogens with zero attached hydrogens (tertiary/aromatic N) is 1. The average Bonchev–Trinajstić information content (AvgIpc) is 2.86. The van der Waals surface area contributed by atoms with Crippen LogP contribution in [-0.2, 0) is 10.0 Å². The van der Waals surface area contributed by atoms with Gasteiger partial charge in [-0.1, -0.05) is 17.7 Å². The van der Waals surface area contributed by atoms with Crippen molar-refractivity contribution in [2.75, 3.05) is 4.72 Å². The summed E-state index contributed by atoms with van der Waals surface area (Å²) in [6, 6.07) is 11.9. The second-order valence-electron chi connectivity index (χ2n) is 4.07. The van der Waals surface area contributed by atoms with Crippen LogP contribution in [-0.4, -0.2) is 13.4 Å². The summed E-state index contributed by atoms with van der Waals surface area (Å²) < 4.78 is 27.5. The first-order valence-electron chi connectivity index (χ1n) is 5.67. The number of anilines is 1. The zero-order valence-electron chi connectivity index (χ0n) is 10.1. The maximum absolute atomic E-state index is 12.2. The van der Waals surface area contributed by atoms with E-state index >= 15 is 0 Å². The Morgan fingerprint density at radius 1 is 1.15 bits per heavy atom. The Bertz CT molecular complexity index is 875. The fraction of sp³-hybridized carbons (Fsp3) is 0. The van der Waals surface area contributed by atoms with Crippen LogP contribution in [0, 0.1) is 0 Å². The molecular formula is C13H9ClN2O2S2. The number of thiophene rings is 1. The molecule has 102 valence electrons. The van der Waals surface area contributed by atoms with Crippen LogP contribution >= 0.6 is 22.9 Å². The van der Waals surface area contributed by atoms with Gasteiger partial charge in [0.25, 0.3) is 10.0 Å². The molecule has 0 bridgehead atoms. The lowest BCUT2D eigenvalue weighted by Gasteiger charge is -2.07. The predicted octanol–water partition coefficient (Wildman–Crippen LogP) is 3.75. The molecule has 3 aromatic rings. The molecule has 0 atom stereocenters. The van der Waals surface area contributed by atoms with Crippen LogP contribution in [0.4, 0.5) is 5.69 Å². The molecule has 0 radical (unpaired) electrons. The van der Waals surface area contributed by atoms with Gasteiger partial charge in [0.2, 0.25) is 0 Å². The minimum absolute atomic E-state index is 0.189. The van der Waals surface area contributed by atoms with Crippen molar-refractivity contribution in [1.82, 2.24) is 4.98 Å². The fourth-order valence-electron chi connectivity index (χ4n) is 1.79. The Morgan fingerprint density at radius 2 is 2.00 bits per heavy atom. The lowest BCUT2D eigenvalue weighted by molar-refractivity contribution is 0.603. The van der Waals surface area contributed by atoms with E-state index in [-0.39, 0.29) is 4.21 Å². The molecule has 0 unspecified atom stereocenters. The number of benzene rings is 1. The molecule has 7 heteroatoms. The zero-order chi connectivity index (χ0) is 14.2. The van der Waals surface area contributed by atoms with Gasteiger partial charge in [-0.05, 0) is 36.4 Å². The molecule has 2 heterocycles. The van der Waals surface area contributed by atoms with Crippen molar-refractivity contribution < 1.29 is 8.42 Å². The van der Waals surface area contributed by atoms with Crippen molar-refractivity contribution in [2.24, 2.45) is 0 Å². The number of aromatic nitrogens is 1. The lowest BCUT2D eigenvalue weighted by atomic mass is 10.2. The highest BCUT2D eigenvalue weighted by Crippen LogP contribution is 2.27. The molecule has 0 saturated heterocycles. The summed E-state index contributed by atoms with van der Waals surface area (Å²) in [5, 5.41) is 0.872. The van der Waals surface area contributed by atoms with E-state index in [1.165, 1.54) is 6.07 Å². The van der Waals surface area contributed by atoms with E-state index in [9.17, 15) is 8.42 Å². The molecule has 20 heavy (non-hydrogen) atoms. The van der Waals surface area contributed by atoms with E-state index in [0.717, 1.165) is 22.2 Å². The van der Waals surface area contributed by atoms with Crippen LogP contribution in [0.25, 0.3) is 10.9 Å². The minimum atomic E-state index is -3.60. The summed E-state index contributed by atoms with van der Waals surface area (Å²) in [6.45, 7) is 0. The maximum atomic E-state index is 12.2. The summed E-state index contributed by atoms with van der Waals surface area (Å²) in [7, 11) is -3.60. The third-order valence-electron chi connectivity index (χ3n) is 2.67. The van der Waals surface area contributed by atoms with Gasteiger partial charge in [0.15, 0.2) is 0 Å². The van der Waals surface area contributed by atoms with Crippen LogP contribution in [0.15, 0.2) is 52.9 Å². The van der Waals surface area contributed by atoms with Gasteiger partial charge in [0.1, 0.15) is 4.21 Å². The highest BCUT2D eigenvalue weighted by Gasteiger charge is 2.16. The van der Waals surface area contributed by atoms with Crippen molar-refractivity contribution in [3.05, 3.63) is 53.0 Å². The van der Waals surface area contributed by atoms with Gasteiger partial charge in [-0.15, -0.1) is 11.3 Å². The normalized spacial score (nSPS) is 11.7. The van der Waals surface area contributed by atoms with Gasteiger partial charge in [0, 0.05) is 17.3 Å². The third-order valence-corrected chi connectivity index (χ3v) is 5.77. The quantitative estimate of drug-likeness (QED) is 0.798. The molecule has 0 saturated carbocycles. The Balaban J connectivity index is 1.96. The first-order chi connectivity index (χ1) is 9.54. The van der Waals surface area contributed by atoms with Crippen LogP contribution in [0.2, 0.25) is 4.34 Å². The molecule has 2 aromatic heterocycles. The summed E-state index contributed by atoms with van der Waals surface area (Å²) in [5.74, 6) is 0. The number of sulfonamides is 1. The largest absolute Gasteiger partial charge is 0.279 e. The maximum Gasteiger partial charge on any atom is 0.271 e. The van der Waals surface area contributed by atoms with E-state index in [0.29, 0.717) is 10.0 Å². The highest BCUT2D eigenvalue weighted by molar-refractivity contribution is 7.94. The van der Waals surface area contributed by atoms with Crippen molar-refractivity contribution in [1.29, 1.82) is 0 Å². The standard InChI is InChI=1S/C13H9ClN2O2S2/c14-12-5-6-13(19-12)20(17,18)16-10-3-4-11-9(8-10)2-1-7-15-11/h1-8,16H. The highest BCUT2D eigenvalue weighted by atomic mass is 35.5. The van der Waals surface area contributed by atoms with Crippen molar-refractivity contribution >= 4 is 49.6 Å². The molecule has 4 nitrogen and oxygen atoms in total. The molecule has 3 rings (SSSR count). The molecule has 1 N–H and O–H groups in total. The van der Waals surface area contributed by atoms with Crippen molar-refractivity contribution in [3.8, 4) is 0 Å². The minimum Gasteiger partial charge on any atom is -0.279 e. The molecule has 0 aliphatic heterocycles. The topological polar surface area (TPSA) is 59.1 Å². The zero-order valence-corrected chi connectivity index (χ0v) is 12.5. The van der Waals surface area contributed by atoms with E-state index in [2.05, 4.69) is 9.71 Å². The van der Waals surface area contributed by atoms with Crippen LogP contribution in [0.1, 0.15) is 0 Å². The number of hydrogen-bond donors (Lipinski definition) is 1. The van der Waals surface area contributed by atoms with Crippen molar-refractivity contribution in [3.63, 3.8) is 0 Å². The average molecular weight is 325 g/mol. The molecule has 1 aromatic carbocycles. The summed E-state index contributed by atoms with van der Waals surface area (Å²) in [6.07, 6.45) is 1.69. The van der Waals surface area contributed by atoms with Gasteiger partial charge in [-0.2, -0.15) is 0 Å². The van der Waals surface area contributed by atoms with Crippen LogP contribution < -0.4 is 4.72 Å². The van der Waals surface area contributed by atoms with Gasteiger partial charge in [-0.3, -0.25) is 9.71 Å². The van der Waals surface area contributed by atoms with E-state index in [1.54, 1.807) is 36.5 Å². The number of fused-ring (bicyclic) bond motifs is 1. The van der Waals surface area contributed by atoms with Crippen molar-refractivity contribution in [2.45, 2.75) is 4.21 Å². The predicted molar refractivity (Wildman–Crippen MR) is 81.9 cm³/mol. The number of pyridine rings is 1. The Morgan fingerprint density at radius 3 is 2.75 bits per heavy atom. The number of halogens is 1. The molecule has 0 aliphatic rings. The number of rotatable bonds is 3. The Hall–Kier alpha value is -1.63. The second-order valence-corrected chi connectivity index (χ2v) is 7.70. The van der Waals surface area contributed by atoms with E-state index in [1.807, 2.05) is 6.07 Å². The van der Waals surface area contributed by atoms with Crippen LogP contribution in [0.3, 0.4) is 0 Å². The SMILES string of the molecule is O=S(=O)(Nc1ccc2ncccc2c1)c1ccc(Cl)s1. The van der Waals surface area contributed by atoms with Gasteiger partial charge in [0.05, 0.1) is 9.85 Å². The van der Waals surface area contributed by atoms with Crippen LogP contribution in [0.5, 0.6) is 0 Å². The summed E-state index contributed by atoms with van der Waals surface area (Å²) in [4.78, 5) is 4.19. The number of hydrogen-bond acceptors (Lipinski definition) is 4. The molecular weight excluding hydrogens is 316 g/mol. The third kappa shape index (κ3) is 2.63. The van der Waals surface area contributed by atoms with E-state index in [4.69, 9.17) is 11.6 Å². The smallest absolute Gasteiger partial charge is 0.271 e. The first kappa shape index (κ1) is 13.4. The second kappa shape index (κ2) is 5.05. The van der Waals surface area contributed by atoms with Gasteiger partial charge in [-0.25, -0.2) is 8.42 Å². The molecule has 0 amide bonds. The monoisotopic (exact) mass is 324 g/mol.